The number of rotatable bonds is 8. The van der Waals surface area contributed by atoms with E-state index in [1.165, 1.54) is 0 Å². The second-order valence-electron chi connectivity index (χ2n) is 7.47. The summed E-state index contributed by atoms with van der Waals surface area (Å²) in [5.41, 5.74) is 10.1. The number of amides is 1. The maximum atomic E-state index is 13.1. The van der Waals surface area contributed by atoms with Crippen LogP contribution in [0.5, 0.6) is 0 Å². The molecule has 1 heterocycles. The Morgan fingerprint density at radius 1 is 1.10 bits per heavy atom. The molecule has 7 nitrogen and oxygen atoms in total. The van der Waals surface area contributed by atoms with Crippen molar-refractivity contribution in [2.24, 2.45) is 10.7 Å². The van der Waals surface area contributed by atoms with E-state index in [4.69, 9.17) is 15.9 Å². The first-order valence-electron chi connectivity index (χ1n) is 10.3. The lowest BCUT2D eigenvalue weighted by atomic mass is 10.00. The molecule has 0 saturated carbocycles. The number of benzene rings is 2. The van der Waals surface area contributed by atoms with Gasteiger partial charge in [0.2, 0.25) is 5.91 Å². The van der Waals surface area contributed by atoms with Gasteiger partial charge in [-0.3, -0.25) is 4.79 Å². The molecule has 0 aliphatic carbocycles. The molecule has 31 heavy (non-hydrogen) atoms. The molecule has 0 fully saturated rings. The van der Waals surface area contributed by atoms with Gasteiger partial charge < -0.3 is 20.8 Å². The van der Waals surface area contributed by atoms with E-state index >= 15 is 0 Å². The monoisotopic (exact) mass is 421 g/mol. The number of amidine groups is 1. The zero-order valence-corrected chi connectivity index (χ0v) is 17.5. The van der Waals surface area contributed by atoms with Crippen molar-refractivity contribution in [2.45, 2.75) is 26.2 Å². The van der Waals surface area contributed by atoms with Crippen molar-refractivity contribution in [3.8, 4) is 11.1 Å². The molecule has 162 valence electrons. The molecule has 3 rings (SSSR count). The van der Waals surface area contributed by atoms with Crippen molar-refractivity contribution in [3.05, 3.63) is 59.2 Å². The van der Waals surface area contributed by atoms with Crippen LogP contribution in [0.15, 0.2) is 53.0 Å². The van der Waals surface area contributed by atoms with Crippen LogP contribution in [-0.4, -0.2) is 52.5 Å². The Morgan fingerprint density at radius 2 is 1.81 bits per heavy atom. The molecular weight excluding hydrogens is 394 g/mol. The third-order valence-electron chi connectivity index (χ3n) is 5.10. The molecule has 7 heteroatoms. The van der Waals surface area contributed by atoms with Crippen LogP contribution >= 0.6 is 0 Å². The number of hydrogen-bond acceptors (Lipinski definition) is 5. The van der Waals surface area contributed by atoms with Crippen LogP contribution in [0.1, 0.15) is 42.1 Å². The number of fused-ring (bicyclic) bond motifs is 1. The molecule has 0 bridgehead atoms. The molecule has 2 aromatic rings. The number of aliphatic imine (C=N–C) groups is 1. The third kappa shape index (κ3) is 5.38. The maximum absolute atomic E-state index is 13.1. The molecule has 0 aromatic heterocycles. The average Bonchev–Trinajstić information content (AvgIpc) is 2.93. The van der Waals surface area contributed by atoms with Gasteiger partial charge in [0.05, 0.1) is 11.3 Å². The zero-order chi connectivity index (χ0) is 22.4. The average molecular weight is 421 g/mol. The summed E-state index contributed by atoms with van der Waals surface area (Å²) in [7, 11) is 0. The lowest BCUT2D eigenvalue weighted by Gasteiger charge is -2.23. The Hall–Kier alpha value is -3.45. The van der Waals surface area contributed by atoms with E-state index in [0.717, 1.165) is 23.1 Å². The second kappa shape index (κ2) is 10.0. The first-order chi connectivity index (χ1) is 14.9. The summed E-state index contributed by atoms with van der Waals surface area (Å²) in [5.74, 6) is -0.700. The summed E-state index contributed by atoms with van der Waals surface area (Å²) in [6.45, 7) is 3.16. The first-order valence-corrected chi connectivity index (χ1v) is 10.3. The molecule has 0 spiro atoms. The zero-order valence-electron chi connectivity index (χ0n) is 17.5. The molecule has 1 aliphatic heterocycles. The molecule has 1 amide bonds. The fraction of sp³-hybridized carbons (Fsp3) is 0.292. The number of carbonyl (C=O) groups excluding carboxylic acids is 1. The number of carboxylic acid groups (broad SMARTS) is 1. The third-order valence-corrected chi connectivity index (χ3v) is 5.10. The highest BCUT2D eigenvalue weighted by Gasteiger charge is 2.21. The van der Waals surface area contributed by atoms with Gasteiger partial charge in [0, 0.05) is 37.3 Å². The molecule has 4 N–H and O–H groups in total. The van der Waals surface area contributed by atoms with Crippen LogP contribution in [0, 0.1) is 0 Å². The van der Waals surface area contributed by atoms with Crippen LogP contribution in [0.4, 0.5) is 5.69 Å². The van der Waals surface area contributed by atoms with Gasteiger partial charge in [0.1, 0.15) is 5.84 Å². The van der Waals surface area contributed by atoms with Gasteiger partial charge in [-0.1, -0.05) is 31.2 Å². The number of nitrogens with zero attached hydrogens (tertiary/aromatic N) is 2. The van der Waals surface area contributed by atoms with Gasteiger partial charge >= 0.3 is 5.97 Å². The Bertz CT molecular complexity index is 1030. The SMILES string of the molecule is CCCN(CCCO)C(=O)C1=Cc2ccc(-c3ccc(C(=O)O)cc3)cc2N=C(N)C1. The topological polar surface area (TPSA) is 116 Å². The van der Waals surface area contributed by atoms with Gasteiger partial charge in [-0.25, -0.2) is 9.79 Å². The number of aliphatic hydroxyl groups is 1. The molecular formula is C24H27N3O4. The fourth-order valence-corrected chi connectivity index (χ4v) is 3.56. The minimum atomic E-state index is -0.968. The number of aromatic carboxylic acids is 1. The fourth-order valence-electron chi connectivity index (χ4n) is 3.56. The minimum Gasteiger partial charge on any atom is -0.478 e. The molecule has 1 aliphatic rings. The van der Waals surface area contributed by atoms with E-state index in [1.54, 1.807) is 29.2 Å². The molecule has 0 unspecified atom stereocenters. The number of carboxylic acids is 1. The lowest BCUT2D eigenvalue weighted by molar-refractivity contribution is -0.127. The Labute approximate surface area is 181 Å². The predicted molar refractivity (Wildman–Crippen MR) is 121 cm³/mol. The van der Waals surface area contributed by atoms with Gasteiger partial charge in [-0.05, 0) is 48.2 Å². The van der Waals surface area contributed by atoms with Crippen molar-refractivity contribution >= 4 is 29.5 Å². The van der Waals surface area contributed by atoms with Crippen molar-refractivity contribution in [1.29, 1.82) is 0 Å². The van der Waals surface area contributed by atoms with Crippen molar-refractivity contribution in [1.82, 2.24) is 4.90 Å². The van der Waals surface area contributed by atoms with Crippen molar-refractivity contribution < 1.29 is 19.8 Å². The van der Waals surface area contributed by atoms with Gasteiger partial charge in [-0.15, -0.1) is 0 Å². The molecule has 0 atom stereocenters. The lowest BCUT2D eigenvalue weighted by Crippen LogP contribution is -2.35. The van der Waals surface area contributed by atoms with E-state index in [1.807, 2.05) is 31.2 Å². The van der Waals surface area contributed by atoms with Crippen molar-refractivity contribution in [3.63, 3.8) is 0 Å². The Morgan fingerprint density at radius 3 is 2.45 bits per heavy atom. The van der Waals surface area contributed by atoms with E-state index < -0.39 is 5.97 Å². The second-order valence-corrected chi connectivity index (χ2v) is 7.47. The highest BCUT2D eigenvalue weighted by Crippen LogP contribution is 2.32. The number of nitrogens with two attached hydrogens (primary N) is 1. The summed E-state index contributed by atoms with van der Waals surface area (Å²) in [6, 6.07) is 12.3. The number of hydrogen-bond donors (Lipinski definition) is 3. The number of carbonyl (C=O) groups is 2. The summed E-state index contributed by atoms with van der Waals surface area (Å²) in [5, 5.41) is 18.2. The van der Waals surface area contributed by atoms with Gasteiger partial charge in [0.25, 0.3) is 0 Å². The van der Waals surface area contributed by atoms with Crippen LogP contribution in [0.25, 0.3) is 17.2 Å². The van der Waals surface area contributed by atoms with E-state index in [2.05, 4.69) is 4.99 Å². The maximum Gasteiger partial charge on any atom is 0.335 e. The van der Waals surface area contributed by atoms with Crippen LogP contribution in [0.2, 0.25) is 0 Å². The van der Waals surface area contributed by atoms with Gasteiger partial charge in [-0.2, -0.15) is 0 Å². The molecule has 2 aromatic carbocycles. The van der Waals surface area contributed by atoms with Crippen LogP contribution in [-0.2, 0) is 4.79 Å². The van der Waals surface area contributed by atoms with E-state index in [0.29, 0.717) is 36.6 Å². The largest absolute Gasteiger partial charge is 0.478 e. The first kappa shape index (κ1) is 22.2. The predicted octanol–water partition coefficient (Wildman–Crippen LogP) is 3.45. The quantitative estimate of drug-likeness (QED) is 0.604. The van der Waals surface area contributed by atoms with E-state index in [-0.39, 0.29) is 24.5 Å². The highest BCUT2D eigenvalue weighted by atomic mass is 16.4. The Kier molecular flexibility index (Phi) is 7.20. The van der Waals surface area contributed by atoms with Crippen molar-refractivity contribution in [2.75, 3.05) is 19.7 Å². The smallest absolute Gasteiger partial charge is 0.335 e. The minimum absolute atomic E-state index is 0.0369. The van der Waals surface area contributed by atoms with Crippen LogP contribution < -0.4 is 5.73 Å². The molecule has 0 saturated heterocycles. The van der Waals surface area contributed by atoms with E-state index in [9.17, 15) is 9.59 Å². The summed E-state index contributed by atoms with van der Waals surface area (Å²) in [6.07, 6.45) is 3.45. The normalized spacial score (nSPS) is 13.0. The highest BCUT2D eigenvalue weighted by molar-refractivity contribution is 6.05. The Balaban J connectivity index is 1.92. The summed E-state index contributed by atoms with van der Waals surface area (Å²) >= 11 is 0. The summed E-state index contributed by atoms with van der Waals surface area (Å²) in [4.78, 5) is 30.4. The summed E-state index contributed by atoms with van der Waals surface area (Å²) < 4.78 is 0. The molecule has 0 radical (unpaired) electrons. The van der Waals surface area contributed by atoms with Gasteiger partial charge in [0.15, 0.2) is 0 Å². The number of aliphatic hydroxyl groups excluding tert-OH is 1. The standard InChI is InChI=1S/C24H27N3O4/c1-2-10-27(11-3-12-28)23(29)20-13-19-9-8-18(14-21(19)26-22(25)15-20)16-4-6-17(7-5-16)24(30)31/h4-9,13-14,28H,2-3,10-12,15H2,1H3,(H2,25,26)(H,30,31). The van der Waals surface area contributed by atoms with Crippen LogP contribution in [0.3, 0.4) is 0 Å².